The fourth-order valence-corrected chi connectivity index (χ4v) is 2.39. The maximum absolute atomic E-state index is 11.0. The molecule has 0 spiro atoms. The molecule has 1 aromatic carbocycles. The highest BCUT2D eigenvalue weighted by molar-refractivity contribution is 9.10. The zero-order valence-corrected chi connectivity index (χ0v) is 11.5. The molecule has 0 amide bonds. The Labute approximate surface area is 113 Å². The molecule has 1 aliphatic rings. The van der Waals surface area contributed by atoms with E-state index in [1.165, 1.54) is 5.56 Å². The monoisotopic (exact) mass is 305 g/mol. The van der Waals surface area contributed by atoms with Crippen LogP contribution in [-0.2, 0) is 0 Å². The number of rotatable bonds is 3. The van der Waals surface area contributed by atoms with Crippen molar-refractivity contribution in [2.75, 3.05) is 0 Å². The second-order valence-corrected chi connectivity index (χ2v) is 5.45. The zero-order chi connectivity index (χ0) is 12.7. The van der Waals surface area contributed by atoms with Crippen molar-refractivity contribution >= 4 is 22.2 Å². The summed E-state index contributed by atoms with van der Waals surface area (Å²) in [6.45, 7) is 2.04. The number of hydrogen-bond acceptors (Lipinski definition) is 3. The van der Waals surface area contributed by atoms with Gasteiger partial charge in [0.15, 0.2) is 6.29 Å². The summed E-state index contributed by atoms with van der Waals surface area (Å²) in [5.74, 6) is 0.431. The third kappa shape index (κ3) is 1.88. The van der Waals surface area contributed by atoms with Crippen LogP contribution in [0.1, 0.15) is 40.5 Å². The van der Waals surface area contributed by atoms with E-state index in [-0.39, 0.29) is 0 Å². The Morgan fingerprint density at radius 1 is 1.44 bits per heavy atom. The predicted octanol–water partition coefficient (Wildman–Crippen LogP) is 3.03. The highest BCUT2D eigenvalue weighted by Crippen LogP contribution is 2.41. The fraction of sp³-hybridized carbons (Fsp3) is 0.308. The van der Waals surface area contributed by atoms with E-state index in [1.807, 2.05) is 25.1 Å². The van der Waals surface area contributed by atoms with Crippen molar-refractivity contribution < 1.29 is 4.79 Å². The zero-order valence-electron chi connectivity index (χ0n) is 9.93. The Morgan fingerprint density at radius 3 is 2.83 bits per heavy atom. The summed E-state index contributed by atoms with van der Waals surface area (Å²) in [6.07, 6.45) is 3.02. The molecule has 0 aliphatic heterocycles. The van der Waals surface area contributed by atoms with Gasteiger partial charge in [-0.2, -0.15) is 0 Å². The van der Waals surface area contributed by atoms with Crippen molar-refractivity contribution in [3.05, 3.63) is 39.6 Å². The normalized spacial score (nSPS) is 14.8. The van der Waals surface area contributed by atoms with Crippen LogP contribution < -0.4 is 0 Å². The van der Waals surface area contributed by atoms with Crippen LogP contribution in [0.4, 0.5) is 0 Å². The molecule has 0 radical (unpaired) electrons. The van der Waals surface area contributed by atoms with E-state index in [0.29, 0.717) is 11.6 Å². The Hall–Kier alpha value is -1.49. The van der Waals surface area contributed by atoms with Crippen LogP contribution in [-0.4, -0.2) is 21.3 Å². The number of nitrogens with zero attached hydrogens (tertiary/aromatic N) is 3. The predicted molar refractivity (Wildman–Crippen MR) is 71.2 cm³/mol. The number of aryl methyl sites for hydroxylation is 1. The lowest BCUT2D eigenvalue weighted by molar-refractivity contribution is 0.111. The van der Waals surface area contributed by atoms with Gasteiger partial charge in [0, 0.05) is 10.4 Å². The number of carbonyl (C=O) groups excluding carboxylic acids is 1. The molecule has 0 atom stereocenters. The minimum Gasteiger partial charge on any atom is -0.296 e. The topological polar surface area (TPSA) is 47.8 Å². The molecule has 1 fully saturated rings. The van der Waals surface area contributed by atoms with Gasteiger partial charge in [-0.3, -0.25) is 4.79 Å². The molecule has 1 aliphatic carbocycles. The summed E-state index contributed by atoms with van der Waals surface area (Å²) in [4.78, 5) is 11.0. The molecule has 5 heteroatoms. The highest BCUT2D eigenvalue weighted by atomic mass is 79.9. The lowest BCUT2D eigenvalue weighted by atomic mass is 10.2. The minimum absolute atomic E-state index is 0.431. The van der Waals surface area contributed by atoms with Crippen LogP contribution in [0.5, 0.6) is 0 Å². The summed E-state index contributed by atoms with van der Waals surface area (Å²) >= 11 is 3.51. The summed E-state index contributed by atoms with van der Waals surface area (Å²) in [5, 5.41) is 8.06. The number of aromatic nitrogens is 3. The molecule has 2 aromatic rings. The van der Waals surface area contributed by atoms with Crippen LogP contribution in [0.25, 0.3) is 5.69 Å². The third-order valence-corrected chi connectivity index (χ3v) is 4.06. The van der Waals surface area contributed by atoms with E-state index in [0.717, 1.165) is 35.0 Å². The lowest BCUT2D eigenvalue weighted by Gasteiger charge is -2.07. The van der Waals surface area contributed by atoms with Crippen LogP contribution in [0.2, 0.25) is 0 Å². The number of halogens is 1. The maximum Gasteiger partial charge on any atom is 0.172 e. The van der Waals surface area contributed by atoms with Gasteiger partial charge in [-0.15, -0.1) is 5.10 Å². The molecule has 0 saturated heterocycles. The van der Waals surface area contributed by atoms with Crippen molar-refractivity contribution in [2.24, 2.45) is 0 Å². The second-order valence-electron chi connectivity index (χ2n) is 4.60. The minimum atomic E-state index is 0.431. The summed E-state index contributed by atoms with van der Waals surface area (Å²) in [5.41, 5.74) is 3.52. The first-order valence-electron chi connectivity index (χ1n) is 5.88. The Morgan fingerprint density at radius 2 is 2.22 bits per heavy atom. The van der Waals surface area contributed by atoms with Crippen molar-refractivity contribution in [3.63, 3.8) is 0 Å². The molecule has 3 rings (SSSR count). The van der Waals surface area contributed by atoms with Gasteiger partial charge in [0.1, 0.15) is 5.69 Å². The smallest absolute Gasteiger partial charge is 0.172 e. The third-order valence-electron chi connectivity index (χ3n) is 3.21. The molecule has 4 nitrogen and oxygen atoms in total. The molecule has 0 bridgehead atoms. The van der Waals surface area contributed by atoms with E-state index < -0.39 is 0 Å². The van der Waals surface area contributed by atoms with Crippen molar-refractivity contribution in [1.82, 2.24) is 15.0 Å². The van der Waals surface area contributed by atoms with Crippen molar-refractivity contribution in [1.29, 1.82) is 0 Å². The van der Waals surface area contributed by atoms with Crippen LogP contribution in [0, 0.1) is 6.92 Å². The molecule has 18 heavy (non-hydrogen) atoms. The summed E-state index contributed by atoms with van der Waals surface area (Å²) in [7, 11) is 0. The number of hydrogen-bond donors (Lipinski definition) is 0. The van der Waals surface area contributed by atoms with Gasteiger partial charge < -0.3 is 0 Å². The molecule has 1 heterocycles. The first kappa shape index (κ1) is 11.6. The number of aldehydes is 1. The van der Waals surface area contributed by atoms with Gasteiger partial charge >= 0.3 is 0 Å². The van der Waals surface area contributed by atoms with Crippen molar-refractivity contribution in [2.45, 2.75) is 25.7 Å². The highest BCUT2D eigenvalue weighted by Gasteiger charge is 2.31. The molecular formula is C13H12BrN3O. The van der Waals surface area contributed by atoms with Crippen molar-refractivity contribution in [3.8, 4) is 5.69 Å². The van der Waals surface area contributed by atoms with Gasteiger partial charge in [-0.1, -0.05) is 27.2 Å². The average Bonchev–Trinajstić information content (AvgIpc) is 3.12. The van der Waals surface area contributed by atoms with Crippen LogP contribution in [0.3, 0.4) is 0 Å². The first-order chi connectivity index (χ1) is 8.70. The molecule has 1 saturated carbocycles. The summed E-state index contributed by atoms with van der Waals surface area (Å²) < 4.78 is 2.82. The maximum atomic E-state index is 11.0. The van der Waals surface area contributed by atoms with Gasteiger partial charge in [-0.25, -0.2) is 4.68 Å². The Bertz CT molecular complexity index is 617. The molecule has 0 N–H and O–H groups in total. The standard InChI is InChI=1S/C13H12BrN3O/c1-8-2-5-10(6-11(8)14)17-13(9-3-4-9)12(7-18)15-16-17/h2,5-7,9H,3-4H2,1H3. The molecular weight excluding hydrogens is 294 g/mol. The second kappa shape index (κ2) is 4.31. The first-order valence-corrected chi connectivity index (χ1v) is 6.67. The Balaban J connectivity index is 2.13. The molecule has 92 valence electrons. The van der Waals surface area contributed by atoms with E-state index in [4.69, 9.17) is 0 Å². The van der Waals surface area contributed by atoms with Gasteiger partial charge in [0.2, 0.25) is 0 Å². The molecule has 1 aromatic heterocycles. The van der Waals surface area contributed by atoms with E-state index in [1.54, 1.807) is 4.68 Å². The fourth-order valence-electron chi connectivity index (χ4n) is 2.03. The average molecular weight is 306 g/mol. The number of carbonyl (C=O) groups is 1. The molecule has 0 unspecified atom stereocenters. The quantitative estimate of drug-likeness (QED) is 0.819. The Kier molecular flexibility index (Phi) is 2.78. The lowest BCUT2D eigenvalue weighted by Crippen LogP contribution is -2.02. The summed E-state index contributed by atoms with van der Waals surface area (Å²) in [6, 6.07) is 6.03. The SMILES string of the molecule is Cc1ccc(-n2nnc(C=O)c2C2CC2)cc1Br. The van der Waals surface area contributed by atoms with Crippen LogP contribution >= 0.6 is 15.9 Å². The van der Waals surface area contributed by atoms with Gasteiger partial charge in [0.25, 0.3) is 0 Å². The van der Waals surface area contributed by atoms with Gasteiger partial charge in [0.05, 0.1) is 11.4 Å². The number of benzene rings is 1. The van der Waals surface area contributed by atoms with E-state index >= 15 is 0 Å². The largest absolute Gasteiger partial charge is 0.296 e. The van der Waals surface area contributed by atoms with Gasteiger partial charge in [-0.05, 0) is 37.5 Å². The van der Waals surface area contributed by atoms with Crippen LogP contribution in [0.15, 0.2) is 22.7 Å². The van der Waals surface area contributed by atoms with E-state index in [9.17, 15) is 4.79 Å². The van der Waals surface area contributed by atoms with E-state index in [2.05, 4.69) is 26.2 Å².